The maximum Gasteiger partial charge on any atom is 0.398 e. The van der Waals surface area contributed by atoms with Crippen LogP contribution in [0, 0.1) is 5.82 Å². The van der Waals surface area contributed by atoms with Crippen molar-refractivity contribution in [2.45, 2.75) is 70.0 Å². The number of aliphatic imine (C=N–C) groups is 1. The van der Waals surface area contributed by atoms with E-state index in [9.17, 15) is 22.4 Å². The van der Waals surface area contributed by atoms with Crippen molar-refractivity contribution in [3.8, 4) is 0 Å². The van der Waals surface area contributed by atoms with E-state index in [1.54, 1.807) is 0 Å². The molecule has 2 atom stereocenters. The highest BCUT2D eigenvalue weighted by Crippen LogP contribution is 2.47. The van der Waals surface area contributed by atoms with Crippen LogP contribution in [0.3, 0.4) is 0 Å². The Kier molecular flexibility index (Phi) is 12.2. The molecule has 0 saturated carbocycles. The third kappa shape index (κ3) is 7.33. The first-order valence-corrected chi connectivity index (χ1v) is 14.2. The lowest BCUT2D eigenvalue weighted by Gasteiger charge is -2.33. The van der Waals surface area contributed by atoms with E-state index < -0.39 is 33.9 Å². The highest BCUT2D eigenvalue weighted by molar-refractivity contribution is 7.16. The van der Waals surface area contributed by atoms with E-state index >= 15 is 0 Å². The number of thiophene rings is 1. The molecule has 1 aliphatic rings. The van der Waals surface area contributed by atoms with Gasteiger partial charge in [0.2, 0.25) is 0 Å². The molecule has 3 N–H and O–H groups in total. The molecule has 0 fully saturated rings. The zero-order valence-electron chi connectivity index (χ0n) is 22.7. The molecule has 3 rings (SSSR count). The van der Waals surface area contributed by atoms with Crippen molar-refractivity contribution in [3.05, 3.63) is 54.4 Å². The number of fused-ring (bicyclic) bond motifs is 1. The predicted octanol–water partition coefficient (Wildman–Crippen LogP) is 6.74. The second-order valence-corrected chi connectivity index (χ2v) is 11.3. The molecule has 1 heterocycles. The maximum atomic E-state index is 14.6. The molecule has 0 spiro atoms. The van der Waals surface area contributed by atoms with Crippen molar-refractivity contribution in [1.29, 1.82) is 0 Å². The van der Waals surface area contributed by atoms with Crippen LogP contribution in [-0.4, -0.2) is 56.7 Å². The van der Waals surface area contributed by atoms with Crippen LogP contribution >= 0.6 is 34.5 Å². The minimum absolute atomic E-state index is 0.0666. The van der Waals surface area contributed by atoms with Crippen molar-refractivity contribution < 1.29 is 27.5 Å². The summed E-state index contributed by atoms with van der Waals surface area (Å²) in [5.74, 6) is -1.18. The Morgan fingerprint density at radius 1 is 1.13 bits per heavy atom. The molecule has 2 aromatic rings. The fourth-order valence-corrected chi connectivity index (χ4v) is 6.50. The molecule has 2 unspecified atom stereocenters. The summed E-state index contributed by atoms with van der Waals surface area (Å²) in [6.07, 6.45) is -1.36. The van der Waals surface area contributed by atoms with Crippen molar-refractivity contribution in [1.82, 2.24) is 10.6 Å². The third-order valence-corrected chi connectivity index (χ3v) is 8.88. The number of aliphatic hydroxyl groups excluding tert-OH is 1. The van der Waals surface area contributed by atoms with Crippen molar-refractivity contribution in [2.24, 2.45) is 4.99 Å². The zero-order chi connectivity index (χ0) is 29.5. The second-order valence-electron chi connectivity index (χ2n) is 9.49. The summed E-state index contributed by atoms with van der Waals surface area (Å²) in [5.41, 5.74) is -0.675. The first-order valence-electron chi connectivity index (χ1n) is 12.6. The van der Waals surface area contributed by atoms with Gasteiger partial charge in [-0.2, -0.15) is 13.2 Å². The quantitative estimate of drug-likeness (QED) is 0.167. The topological polar surface area (TPSA) is 73.7 Å². The summed E-state index contributed by atoms with van der Waals surface area (Å²) >= 11 is 12.9. The minimum atomic E-state index is -4.72. The van der Waals surface area contributed by atoms with E-state index in [1.165, 1.54) is 18.4 Å². The Morgan fingerprint density at radius 3 is 2.13 bits per heavy atom. The van der Waals surface area contributed by atoms with Crippen LogP contribution in [0.4, 0.5) is 17.6 Å². The van der Waals surface area contributed by atoms with Gasteiger partial charge in [0.15, 0.2) is 5.82 Å². The average molecular weight is 613 g/mol. The van der Waals surface area contributed by atoms with Gasteiger partial charge in [0.05, 0.1) is 30.9 Å². The van der Waals surface area contributed by atoms with Crippen molar-refractivity contribution >= 4 is 46.2 Å². The fourth-order valence-electron chi connectivity index (χ4n) is 4.68. The van der Waals surface area contributed by atoms with E-state index in [0.29, 0.717) is 29.1 Å². The number of benzene rings is 1. The monoisotopic (exact) mass is 611 g/mol. The van der Waals surface area contributed by atoms with Crippen LogP contribution in [0.1, 0.15) is 70.8 Å². The molecule has 39 heavy (non-hydrogen) atoms. The number of aliphatic hydroxyl groups is 1. The van der Waals surface area contributed by atoms with Gasteiger partial charge in [0, 0.05) is 33.2 Å². The lowest BCUT2D eigenvalue weighted by Crippen LogP contribution is -2.41. The first-order chi connectivity index (χ1) is 18.4. The molecular weight excluding hydrogens is 577 g/mol. The van der Waals surface area contributed by atoms with Gasteiger partial charge in [-0.1, -0.05) is 30.1 Å². The predicted molar refractivity (Wildman–Crippen MR) is 151 cm³/mol. The lowest BCUT2D eigenvalue weighted by molar-refractivity contribution is -0.183. The standard InChI is InChI=1S/C26H31Cl2F4N3OS.CH4O/c1-5-15(13-33-3)35-24(36)23-17-9-7-6-8-16(17)22(37-23)20(34-4)12-25(2,26(30,31)32)14-10-18(27)21(29)19(28)11-14;1-2/h10-11,15,33H,5-9,12-13H2,1-4H3,(H,35,36);2H,1H3. The Morgan fingerprint density at radius 2 is 1.67 bits per heavy atom. The van der Waals surface area contributed by atoms with Gasteiger partial charge >= 0.3 is 6.18 Å². The molecular formula is C27H35Cl2F4N3O2S. The van der Waals surface area contributed by atoms with E-state index in [4.69, 9.17) is 28.3 Å². The molecule has 12 heteroatoms. The summed E-state index contributed by atoms with van der Waals surface area (Å²) in [4.78, 5) is 18.6. The Hall–Kier alpha value is -1.72. The summed E-state index contributed by atoms with van der Waals surface area (Å²) in [6.45, 7) is 3.62. The summed E-state index contributed by atoms with van der Waals surface area (Å²) < 4.78 is 57.8. The number of rotatable bonds is 9. The van der Waals surface area contributed by atoms with E-state index in [1.807, 2.05) is 14.0 Å². The molecule has 0 saturated heterocycles. The lowest BCUT2D eigenvalue weighted by atomic mass is 9.76. The minimum Gasteiger partial charge on any atom is -0.400 e. The molecule has 5 nitrogen and oxygen atoms in total. The Balaban J connectivity index is 0.00000260. The molecule has 0 radical (unpaired) electrons. The number of hydrogen-bond acceptors (Lipinski definition) is 5. The van der Waals surface area contributed by atoms with E-state index in [0.717, 1.165) is 56.6 Å². The Labute approximate surface area is 241 Å². The van der Waals surface area contributed by atoms with Crippen LogP contribution in [0.2, 0.25) is 10.0 Å². The number of nitrogens with one attached hydrogen (secondary N) is 2. The van der Waals surface area contributed by atoms with E-state index in [2.05, 4.69) is 15.6 Å². The van der Waals surface area contributed by atoms with Crippen LogP contribution in [0.25, 0.3) is 0 Å². The number of likely N-dealkylation sites (N-methyl/N-ethyl adjacent to an activating group) is 1. The van der Waals surface area contributed by atoms with Crippen LogP contribution in [0.5, 0.6) is 0 Å². The number of hydrogen-bond donors (Lipinski definition) is 3. The summed E-state index contributed by atoms with van der Waals surface area (Å²) in [7, 11) is 4.26. The van der Waals surface area contributed by atoms with Gasteiger partial charge in [0.25, 0.3) is 5.91 Å². The maximum absolute atomic E-state index is 14.6. The second kappa shape index (κ2) is 14.3. The largest absolute Gasteiger partial charge is 0.400 e. The molecule has 1 aliphatic carbocycles. The molecule has 1 amide bonds. The van der Waals surface area contributed by atoms with Gasteiger partial charge in [-0.05, 0) is 74.9 Å². The highest BCUT2D eigenvalue weighted by atomic mass is 35.5. The SMILES string of the molecule is CCC(CNC)NC(=O)c1sc(C(CC(C)(c2cc(Cl)c(F)c(Cl)c2)C(F)(F)F)=NC)c2c1CCCC2.CO. The Bertz CT molecular complexity index is 1160. The zero-order valence-corrected chi connectivity index (χ0v) is 25.0. The van der Waals surface area contributed by atoms with Gasteiger partial charge in [-0.3, -0.25) is 9.79 Å². The summed E-state index contributed by atoms with van der Waals surface area (Å²) in [5, 5.41) is 12.1. The van der Waals surface area contributed by atoms with Crippen molar-refractivity contribution in [2.75, 3.05) is 27.7 Å². The van der Waals surface area contributed by atoms with E-state index in [-0.39, 0.29) is 23.2 Å². The van der Waals surface area contributed by atoms with Gasteiger partial charge < -0.3 is 15.7 Å². The number of nitrogens with zero attached hydrogens (tertiary/aromatic N) is 1. The van der Waals surface area contributed by atoms with Crippen molar-refractivity contribution in [3.63, 3.8) is 0 Å². The molecule has 0 aliphatic heterocycles. The number of carbonyl (C=O) groups excluding carboxylic acids is 1. The number of alkyl halides is 3. The number of amides is 1. The normalized spacial score (nSPS) is 16.1. The summed E-state index contributed by atoms with van der Waals surface area (Å²) in [6, 6.07) is 1.88. The highest BCUT2D eigenvalue weighted by Gasteiger charge is 2.53. The van der Waals surface area contributed by atoms with Gasteiger partial charge in [0.1, 0.15) is 0 Å². The van der Waals surface area contributed by atoms with Crippen LogP contribution < -0.4 is 10.6 Å². The number of halogens is 6. The van der Waals surface area contributed by atoms with Crippen LogP contribution in [0.15, 0.2) is 17.1 Å². The smallest absolute Gasteiger partial charge is 0.398 e. The van der Waals surface area contributed by atoms with Gasteiger partial charge in [-0.15, -0.1) is 11.3 Å². The molecule has 0 bridgehead atoms. The molecule has 1 aromatic heterocycles. The van der Waals surface area contributed by atoms with Crippen LogP contribution in [-0.2, 0) is 18.3 Å². The number of carbonyl (C=O) groups is 1. The fraction of sp³-hybridized carbons (Fsp3) is 0.556. The molecule has 1 aromatic carbocycles. The first kappa shape index (κ1) is 33.5. The molecule has 218 valence electrons. The third-order valence-electron chi connectivity index (χ3n) is 7.00. The van der Waals surface area contributed by atoms with Gasteiger partial charge in [-0.25, -0.2) is 4.39 Å². The average Bonchev–Trinajstić information content (AvgIpc) is 3.29.